The number of halogens is 1. The van der Waals surface area contributed by atoms with Crippen molar-refractivity contribution in [1.82, 2.24) is 29.5 Å². The van der Waals surface area contributed by atoms with Crippen molar-refractivity contribution in [3.05, 3.63) is 64.3 Å². The highest BCUT2D eigenvalue weighted by molar-refractivity contribution is 5.83. The Bertz CT molecular complexity index is 1210. The van der Waals surface area contributed by atoms with Crippen LogP contribution in [0.3, 0.4) is 0 Å². The van der Waals surface area contributed by atoms with Gasteiger partial charge in [-0.1, -0.05) is 11.3 Å². The summed E-state index contributed by atoms with van der Waals surface area (Å²) in [5, 5.41) is 8.77. The summed E-state index contributed by atoms with van der Waals surface area (Å²) in [5.74, 6) is 0.00352. The zero-order valence-corrected chi connectivity index (χ0v) is 14.4. The highest BCUT2D eigenvalue weighted by Gasteiger charge is 2.16. The summed E-state index contributed by atoms with van der Waals surface area (Å²) in [6.07, 6.45) is 1.38. The highest BCUT2D eigenvalue weighted by atomic mass is 19.1. The van der Waals surface area contributed by atoms with E-state index in [0.717, 1.165) is 5.56 Å². The second-order valence-electron chi connectivity index (χ2n) is 6.00. The first-order valence-corrected chi connectivity index (χ1v) is 7.98. The SMILES string of the molecule is Cc1c(-c2ccc3c(=O)n(C)c(C)nc3c2)nnn1-c1cccnc1F. The maximum Gasteiger partial charge on any atom is 0.261 e. The van der Waals surface area contributed by atoms with Crippen molar-refractivity contribution < 1.29 is 4.39 Å². The van der Waals surface area contributed by atoms with Crippen molar-refractivity contribution in [1.29, 1.82) is 0 Å². The molecule has 0 aliphatic heterocycles. The maximum atomic E-state index is 14.0. The van der Waals surface area contributed by atoms with Crippen LogP contribution < -0.4 is 5.56 Å². The van der Waals surface area contributed by atoms with E-state index >= 15 is 0 Å². The Labute approximate surface area is 147 Å². The summed E-state index contributed by atoms with van der Waals surface area (Å²) in [7, 11) is 1.69. The molecule has 3 heterocycles. The first-order valence-electron chi connectivity index (χ1n) is 7.98. The first-order chi connectivity index (χ1) is 12.5. The monoisotopic (exact) mass is 350 g/mol. The minimum Gasteiger partial charge on any atom is -0.299 e. The number of nitrogens with zero attached hydrogens (tertiary/aromatic N) is 6. The molecule has 0 N–H and O–H groups in total. The number of rotatable bonds is 2. The molecule has 0 fully saturated rings. The van der Waals surface area contributed by atoms with Crippen LogP contribution in [0.5, 0.6) is 0 Å². The summed E-state index contributed by atoms with van der Waals surface area (Å²) >= 11 is 0. The predicted molar refractivity (Wildman–Crippen MR) is 94.6 cm³/mol. The van der Waals surface area contributed by atoms with E-state index in [2.05, 4.69) is 20.3 Å². The quantitative estimate of drug-likeness (QED) is 0.519. The van der Waals surface area contributed by atoms with E-state index in [0.29, 0.717) is 28.1 Å². The van der Waals surface area contributed by atoms with Crippen LogP contribution in [0.4, 0.5) is 4.39 Å². The number of hydrogen-bond donors (Lipinski definition) is 0. The third-order valence-electron chi connectivity index (χ3n) is 4.44. The Kier molecular flexibility index (Phi) is 3.61. The average molecular weight is 350 g/mol. The number of hydrogen-bond acceptors (Lipinski definition) is 5. The average Bonchev–Trinajstić information content (AvgIpc) is 3.01. The zero-order valence-electron chi connectivity index (χ0n) is 14.4. The number of aryl methyl sites for hydroxylation is 1. The Morgan fingerprint density at radius 2 is 1.96 bits per heavy atom. The van der Waals surface area contributed by atoms with Gasteiger partial charge in [-0.25, -0.2) is 14.6 Å². The number of fused-ring (bicyclic) bond motifs is 1. The molecule has 4 aromatic rings. The third kappa shape index (κ3) is 2.38. The number of aromatic nitrogens is 6. The molecule has 0 atom stereocenters. The van der Waals surface area contributed by atoms with Gasteiger partial charge in [-0.15, -0.1) is 5.10 Å². The molecule has 0 unspecified atom stereocenters. The molecule has 130 valence electrons. The lowest BCUT2D eigenvalue weighted by atomic mass is 10.1. The van der Waals surface area contributed by atoms with E-state index in [1.165, 1.54) is 15.4 Å². The van der Waals surface area contributed by atoms with Crippen LogP contribution in [-0.2, 0) is 7.05 Å². The van der Waals surface area contributed by atoms with Gasteiger partial charge in [0.25, 0.3) is 5.56 Å². The van der Waals surface area contributed by atoms with Gasteiger partial charge in [0.05, 0.1) is 16.6 Å². The lowest BCUT2D eigenvalue weighted by molar-refractivity contribution is 0.564. The van der Waals surface area contributed by atoms with E-state index in [1.54, 1.807) is 51.2 Å². The van der Waals surface area contributed by atoms with Crippen molar-refractivity contribution in [3.63, 3.8) is 0 Å². The fourth-order valence-electron chi connectivity index (χ4n) is 2.89. The van der Waals surface area contributed by atoms with Gasteiger partial charge in [0.15, 0.2) is 0 Å². The zero-order chi connectivity index (χ0) is 18.4. The molecule has 7 nitrogen and oxygen atoms in total. The van der Waals surface area contributed by atoms with Gasteiger partial charge in [0.2, 0.25) is 5.95 Å². The molecule has 3 aromatic heterocycles. The molecule has 0 saturated heterocycles. The maximum absolute atomic E-state index is 14.0. The Morgan fingerprint density at radius 1 is 1.15 bits per heavy atom. The minimum absolute atomic E-state index is 0.100. The van der Waals surface area contributed by atoms with Gasteiger partial charge in [-0.2, -0.15) is 4.39 Å². The lowest BCUT2D eigenvalue weighted by Crippen LogP contribution is -2.20. The van der Waals surface area contributed by atoms with Crippen molar-refractivity contribution in [2.24, 2.45) is 7.05 Å². The molecule has 0 spiro atoms. The molecular weight excluding hydrogens is 335 g/mol. The van der Waals surface area contributed by atoms with Crippen molar-refractivity contribution in [2.75, 3.05) is 0 Å². The molecule has 0 aliphatic rings. The summed E-state index contributed by atoms with van der Waals surface area (Å²) < 4.78 is 16.9. The van der Waals surface area contributed by atoms with Crippen molar-refractivity contribution in [3.8, 4) is 16.9 Å². The fraction of sp³-hybridized carbons (Fsp3) is 0.167. The minimum atomic E-state index is -0.619. The second-order valence-corrected chi connectivity index (χ2v) is 6.00. The third-order valence-corrected chi connectivity index (χ3v) is 4.44. The topological polar surface area (TPSA) is 78.5 Å². The molecule has 1 aromatic carbocycles. The van der Waals surface area contributed by atoms with Crippen LogP contribution in [0, 0.1) is 19.8 Å². The molecule has 8 heteroatoms. The number of benzene rings is 1. The predicted octanol–water partition coefficient (Wildman–Crippen LogP) is 2.33. The summed E-state index contributed by atoms with van der Waals surface area (Å²) in [4.78, 5) is 20.4. The van der Waals surface area contributed by atoms with Crippen LogP contribution in [0.2, 0.25) is 0 Å². The summed E-state index contributed by atoms with van der Waals surface area (Å²) in [6, 6.07) is 8.54. The van der Waals surface area contributed by atoms with Gasteiger partial charge < -0.3 is 0 Å². The molecule has 26 heavy (non-hydrogen) atoms. The Balaban J connectivity index is 1.88. The molecule has 0 amide bonds. The molecule has 0 radical (unpaired) electrons. The van der Waals surface area contributed by atoms with Gasteiger partial charge in [0.1, 0.15) is 17.2 Å². The normalized spacial score (nSPS) is 11.2. The van der Waals surface area contributed by atoms with E-state index in [-0.39, 0.29) is 11.2 Å². The molecule has 0 bridgehead atoms. The largest absolute Gasteiger partial charge is 0.299 e. The van der Waals surface area contributed by atoms with Crippen LogP contribution >= 0.6 is 0 Å². The van der Waals surface area contributed by atoms with Crippen LogP contribution in [0.25, 0.3) is 27.8 Å². The van der Waals surface area contributed by atoms with Crippen LogP contribution in [0.1, 0.15) is 11.5 Å². The lowest BCUT2D eigenvalue weighted by Gasteiger charge is -2.07. The van der Waals surface area contributed by atoms with Crippen molar-refractivity contribution >= 4 is 10.9 Å². The van der Waals surface area contributed by atoms with Gasteiger partial charge >= 0.3 is 0 Å². The molecule has 0 aliphatic carbocycles. The fourth-order valence-corrected chi connectivity index (χ4v) is 2.89. The van der Waals surface area contributed by atoms with Crippen LogP contribution in [0.15, 0.2) is 41.3 Å². The van der Waals surface area contributed by atoms with E-state index in [9.17, 15) is 9.18 Å². The molecular formula is C18H15FN6O. The van der Waals surface area contributed by atoms with E-state index < -0.39 is 5.95 Å². The first kappa shape index (κ1) is 16.1. The van der Waals surface area contributed by atoms with Gasteiger partial charge in [-0.3, -0.25) is 9.36 Å². The van der Waals surface area contributed by atoms with E-state index in [1.807, 2.05) is 0 Å². The number of pyridine rings is 1. The molecule has 4 rings (SSSR count). The van der Waals surface area contributed by atoms with Gasteiger partial charge in [-0.05, 0) is 38.1 Å². The Hall–Kier alpha value is -3.42. The molecule has 0 saturated carbocycles. The standard InChI is InChI=1S/C18H15FN6O/c1-10-16(22-23-25(10)15-5-4-8-20-17(15)19)12-6-7-13-14(9-12)21-11(2)24(3)18(13)26/h4-9H,1-3H3. The summed E-state index contributed by atoms with van der Waals surface area (Å²) in [5.41, 5.74) is 2.73. The Morgan fingerprint density at radius 3 is 2.73 bits per heavy atom. The highest BCUT2D eigenvalue weighted by Crippen LogP contribution is 2.25. The van der Waals surface area contributed by atoms with Crippen LogP contribution in [-0.4, -0.2) is 29.5 Å². The second kappa shape index (κ2) is 5.83. The smallest absolute Gasteiger partial charge is 0.261 e. The summed E-state index contributed by atoms with van der Waals surface area (Å²) in [6.45, 7) is 3.58. The van der Waals surface area contributed by atoms with Gasteiger partial charge in [0, 0.05) is 18.8 Å². The van der Waals surface area contributed by atoms with E-state index in [4.69, 9.17) is 0 Å². The van der Waals surface area contributed by atoms with Crippen molar-refractivity contribution in [2.45, 2.75) is 13.8 Å².